The number of hydrogen-bond donors (Lipinski definition) is 0. The van der Waals surface area contributed by atoms with E-state index in [1.807, 2.05) is 24.3 Å². The summed E-state index contributed by atoms with van der Waals surface area (Å²) in [7, 11) is 1.33. The van der Waals surface area contributed by atoms with Gasteiger partial charge in [-0.15, -0.1) is 0 Å². The minimum Gasteiger partial charge on any atom is -0.466 e. The summed E-state index contributed by atoms with van der Waals surface area (Å²) in [6.45, 7) is 0. The summed E-state index contributed by atoms with van der Waals surface area (Å²) < 4.78 is 4.48. The molecule has 15 heavy (non-hydrogen) atoms. The third-order valence-electron chi connectivity index (χ3n) is 1.92. The molecule has 0 spiro atoms. The largest absolute Gasteiger partial charge is 0.466 e. The number of benzene rings is 1. The van der Waals surface area contributed by atoms with Crippen molar-refractivity contribution in [2.75, 3.05) is 7.11 Å². The van der Waals surface area contributed by atoms with Crippen molar-refractivity contribution in [3.05, 3.63) is 41.5 Å². The molecule has 0 amide bonds. The van der Waals surface area contributed by atoms with Crippen LogP contribution in [0.2, 0.25) is 0 Å². The Kier molecular flexibility index (Phi) is 4.11. The highest BCUT2D eigenvalue weighted by Crippen LogP contribution is 2.11. The molecule has 0 N–H and O–H groups in total. The lowest BCUT2D eigenvalue weighted by Crippen LogP contribution is -1.94. The normalized spacial score (nSPS) is 9.87. The molecule has 0 aliphatic rings. The highest BCUT2D eigenvalue weighted by molar-refractivity contribution is 5.87. The van der Waals surface area contributed by atoms with Crippen molar-refractivity contribution in [3.63, 3.8) is 0 Å². The highest BCUT2D eigenvalue weighted by Gasteiger charge is 1.98. The molecule has 76 valence electrons. The predicted molar refractivity (Wildman–Crippen MR) is 56.8 cm³/mol. The van der Waals surface area contributed by atoms with E-state index in [9.17, 15) is 4.79 Å². The van der Waals surface area contributed by atoms with Crippen molar-refractivity contribution < 1.29 is 9.53 Å². The van der Waals surface area contributed by atoms with Crippen LogP contribution >= 0.6 is 0 Å². The molecule has 0 unspecified atom stereocenters. The SMILES string of the molecule is COC(=O)/C=C/c1ccccc1CC#N. The summed E-state index contributed by atoms with van der Waals surface area (Å²) in [6, 6.07) is 9.51. The van der Waals surface area contributed by atoms with E-state index in [2.05, 4.69) is 10.8 Å². The summed E-state index contributed by atoms with van der Waals surface area (Å²) >= 11 is 0. The summed E-state index contributed by atoms with van der Waals surface area (Å²) in [4.78, 5) is 10.9. The minimum atomic E-state index is -0.401. The Balaban J connectivity index is 2.89. The van der Waals surface area contributed by atoms with Gasteiger partial charge in [-0.25, -0.2) is 4.79 Å². The first kappa shape index (κ1) is 11.0. The second-order valence-corrected chi connectivity index (χ2v) is 2.89. The van der Waals surface area contributed by atoms with E-state index in [-0.39, 0.29) is 0 Å². The lowest BCUT2D eigenvalue weighted by Gasteiger charge is -2.00. The van der Waals surface area contributed by atoms with Crippen molar-refractivity contribution in [2.24, 2.45) is 0 Å². The maximum atomic E-state index is 10.9. The number of carbonyl (C=O) groups excluding carboxylic acids is 1. The fourth-order valence-corrected chi connectivity index (χ4v) is 1.17. The Morgan fingerprint density at radius 1 is 1.53 bits per heavy atom. The Bertz CT molecular complexity index is 416. The standard InChI is InChI=1S/C12H11NO2/c1-15-12(14)7-6-10-4-2-3-5-11(10)8-9-13/h2-7H,8H2,1H3/b7-6+. The van der Waals surface area contributed by atoms with E-state index in [1.165, 1.54) is 13.2 Å². The lowest BCUT2D eigenvalue weighted by molar-refractivity contribution is -0.134. The molecular formula is C12H11NO2. The van der Waals surface area contributed by atoms with Gasteiger partial charge in [0, 0.05) is 6.08 Å². The number of hydrogen-bond acceptors (Lipinski definition) is 3. The maximum absolute atomic E-state index is 10.9. The molecule has 0 fully saturated rings. The van der Waals surface area contributed by atoms with Gasteiger partial charge in [0.15, 0.2) is 0 Å². The second kappa shape index (κ2) is 5.61. The van der Waals surface area contributed by atoms with Gasteiger partial charge in [0.1, 0.15) is 0 Å². The molecule has 1 aromatic rings. The van der Waals surface area contributed by atoms with Crippen LogP contribution < -0.4 is 0 Å². The number of ether oxygens (including phenoxy) is 1. The Hall–Kier alpha value is -2.08. The van der Waals surface area contributed by atoms with E-state index in [4.69, 9.17) is 5.26 Å². The van der Waals surface area contributed by atoms with E-state index in [0.717, 1.165) is 11.1 Å². The van der Waals surface area contributed by atoms with Crippen molar-refractivity contribution in [2.45, 2.75) is 6.42 Å². The number of nitriles is 1. The van der Waals surface area contributed by atoms with Gasteiger partial charge in [0.05, 0.1) is 19.6 Å². The molecule has 1 rings (SSSR count). The van der Waals surface area contributed by atoms with Crippen LogP contribution in [0.15, 0.2) is 30.3 Å². The zero-order valence-corrected chi connectivity index (χ0v) is 8.43. The molecule has 3 nitrogen and oxygen atoms in total. The van der Waals surface area contributed by atoms with E-state index >= 15 is 0 Å². The maximum Gasteiger partial charge on any atom is 0.330 e. The average molecular weight is 201 g/mol. The van der Waals surface area contributed by atoms with E-state index < -0.39 is 5.97 Å². The Morgan fingerprint density at radius 3 is 2.93 bits per heavy atom. The summed E-state index contributed by atoms with van der Waals surface area (Å²) in [5.74, 6) is -0.401. The summed E-state index contributed by atoms with van der Waals surface area (Å²) in [5.41, 5.74) is 1.77. The van der Waals surface area contributed by atoms with Crippen LogP contribution in [0.5, 0.6) is 0 Å². The molecule has 0 aromatic heterocycles. The Morgan fingerprint density at radius 2 is 2.27 bits per heavy atom. The number of rotatable bonds is 3. The first-order chi connectivity index (χ1) is 7.27. The second-order valence-electron chi connectivity index (χ2n) is 2.89. The quantitative estimate of drug-likeness (QED) is 0.554. The van der Waals surface area contributed by atoms with Crippen LogP contribution in [0.25, 0.3) is 6.08 Å². The van der Waals surface area contributed by atoms with E-state index in [0.29, 0.717) is 6.42 Å². The van der Waals surface area contributed by atoms with Crippen LogP contribution in [0.4, 0.5) is 0 Å². The van der Waals surface area contributed by atoms with Gasteiger partial charge in [-0.2, -0.15) is 5.26 Å². The molecule has 0 radical (unpaired) electrons. The predicted octanol–water partition coefficient (Wildman–Crippen LogP) is 1.94. The van der Waals surface area contributed by atoms with Gasteiger partial charge >= 0.3 is 5.97 Å². The van der Waals surface area contributed by atoms with Gasteiger partial charge in [-0.1, -0.05) is 24.3 Å². The van der Waals surface area contributed by atoms with Gasteiger partial charge in [-0.05, 0) is 17.2 Å². The smallest absolute Gasteiger partial charge is 0.330 e. The zero-order valence-electron chi connectivity index (χ0n) is 8.43. The van der Waals surface area contributed by atoms with Crippen LogP contribution in [-0.4, -0.2) is 13.1 Å². The number of nitrogens with zero attached hydrogens (tertiary/aromatic N) is 1. The molecule has 0 saturated heterocycles. The molecule has 3 heteroatoms. The number of esters is 1. The lowest BCUT2D eigenvalue weighted by atomic mass is 10.0. The molecular weight excluding hydrogens is 190 g/mol. The van der Waals surface area contributed by atoms with E-state index in [1.54, 1.807) is 6.08 Å². The fourth-order valence-electron chi connectivity index (χ4n) is 1.17. The van der Waals surface area contributed by atoms with Crippen molar-refractivity contribution in [1.82, 2.24) is 0 Å². The van der Waals surface area contributed by atoms with Gasteiger partial charge in [0.2, 0.25) is 0 Å². The van der Waals surface area contributed by atoms with Crippen molar-refractivity contribution in [1.29, 1.82) is 5.26 Å². The fraction of sp³-hybridized carbons (Fsp3) is 0.167. The molecule has 1 aromatic carbocycles. The zero-order chi connectivity index (χ0) is 11.1. The van der Waals surface area contributed by atoms with Crippen molar-refractivity contribution >= 4 is 12.0 Å². The summed E-state index contributed by atoms with van der Waals surface area (Å²) in [6.07, 6.45) is 3.33. The first-order valence-electron chi connectivity index (χ1n) is 4.49. The van der Waals surface area contributed by atoms with Gasteiger partial charge < -0.3 is 4.74 Å². The van der Waals surface area contributed by atoms with Gasteiger partial charge in [0.25, 0.3) is 0 Å². The van der Waals surface area contributed by atoms with Crippen LogP contribution in [-0.2, 0) is 16.0 Å². The van der Waals surface area contributed by atoms with Crippen LogP contribution in [0.1, 0.15) is 11.1 Å². The van der Waals surface area contributed by atoms with Crippen LogP contribution in [0, 0.1) is 11.3 Å². The third-order valence-corrected chi connectivity index (χ3v) is 1.92. The van der Waals surface area contributed by atoms with Crippen LogP contribution in [0.3, 0.4) is 0 Å². The summed E-state index contributed by atoms with van der Waals surface area (Å²) in [5, 5.41) is 8.60. The monoisotopic (exact) mass is 201 g/mol. The molecule has 0 heterocycles. The number of methoxy groups -OCH3 is 1. The van der Waals surface area contributed by atoms with Gasteiger partial charge in [-0.3, -0.25) is 0 Å². The molecule has 0 atom stereocenters. The molecule has 0 bridgehead atoms. The van der Waals surface area contributed by atoms with Crippen molar-refractivity contribution in [3.8, 4) is 6.07 Å². The first-order valence-corrected chi connectivity index (χ1v) is 4.49. The third kappa shape index (κ3) is 3.28. The molecule has 0 aliphatic heterocycles. The Labute approximate surface area is 88.6 Å². The average Bonchev–Trinajstić information content (AvgIpc) is 2.28. The minimum absolute atomic E-state index is 0.335. The number of carbonyl (C=O) groups is 1. The molecule has 0 aliphatic carbocycles. The molecule has 0 saturated carbocycles. The highest BCUT2D eigenvalue weighted by atomic mass is 16.5. The topological polar surface area (TPSA) is 50.1 Å².